The normalized spacial score (nSPS) is 18.9. The average molecular weight is 324 g/mol. The van der Waals surface area contributed by atoms with Gasteiger partial charge in [-0.2, -0.15) is 0 Å². The van der Waals surface area contributed by atoms with Crippen LogP contribution >= 0.6 is 15.9 Å². The number of carbonyl (C=O) groups is 1. The van der Waals surface area contributed by atoms with Crippen molar-refractivity contribution in [1.82, 2.24) is 4.90 Å². The molecule has 2 rings (SSSR count). The van der Waals surface area contributed by atoms with E-state index in [0.29, 0.717) is 6.04 Å². The molecule has 0 aliphatic carbocycles. The molecule has 1 aliphatic heterocycles. The number of alkyl halides is 1. The number of carbonyl (C=O) groups excluding carboxylic acids is 1. The van der Waals surface area contributed by atoms with Crippen LogP contribution in [0.4, 0.5) is 0 Å². The summed E-state index contributed by atoms with van der Waals surface area (Å²) in [5.74, 6) is 0.208. The van der Waals surface area contributed by atoms with Gasteiger partial charge in [0.1, 0.15) is 0 Å². The predicted molar refractivity (Wildman–Crippen MR) is 83.0 cm³/mol. The van der Waals surface area contributed by atoms with Gasteiger partial charge in [0, 0.05) is 23.5 Å². The van der Waals surface area contributed by atoms with Crippen LogP contribution in [0.15, 0.2) is 18.2 Å². The van der Waals surface area contributed by atoms with Crippen LogP contribution in [0.25, 0.3) is 0 Å². The van der Waals surface area contributed by atoms with Crippen LogP contribution in [-0.4, -0.2) is 28.7 Å². The third-order valence-electron chi connectivity index (χ3n) is 4.06. The molecule has 1 saturated heterocycles. The number of amides is 1. The lowest BCUT2D eigenvalue weighted by Gasteiger charge is -2.25. The smallest absolute Gasteiger partial charge is 0.254 e. The number of hydrogen-bond donors (Lipinski definition) is 0. The first-order valence-corrected chi connectivity index (χ1v) is 8.20. The summed E-state index contributed by atoms with van der Waals surface area (Å²) in [7, 11) is 0. The van der Waals surface area contributed by atoms with Crippen molar-refractivity contribution < 1.29 is 4.79 Å². The second-order valence-electron chi connectivity index (χ2n) is 5.42. The lowest BCUT2D eigenvalue weighted by atomic mass is 10.0. The fraction of sp³-hybridized carbons (Fsp3) is 0.562. The quantitative estimate of drug-likeness (QED) is 0.764. The van der Waals surface area contributed by atoms with Gasteiger partial charge in [-0.15, -0.1) is 0 Å². The van der Waals surface area contributed by atoms with E-state index >= 15 is 0 Å². The van der Waals surface area contributed by atoms with Gasteiger partial charge in [-0.05, 0) is 62.8 Å². The molecule has 1 aliphatic rings. The summed E-state index contributed by atoms with van der Waals surface area (Å²) in [6.45, 7) is 5.06. The van der Waals surface area contributed by atoms with Gasteiger partial charge < -0.3 is 4.90 Å². The number of nitrogens with zero attached hydrogens (tertiary/aromatic N) is 1. The molecule has 0 N–H and O–H groups in total. The van der Waals surface area contributed by atoms with Crippen molar-refractivity contribution in [1.29, 1.82) is 0 Å². The van der Waals surface area contributed by atoms with Gasteiger partial charge in [0.25, 0.3) is 5.91 Å². The lowest BCUT2D eigenvalue weighted by molar-refractivity contribution is 0.0730. The fourth-order valence-corrected chi connectivity index (χ4v) is 3.08. The highest BCUT2D eigenvalue weighted by atomic mass is 79.9. The number of aryl methyl sites for hydroxylation is 2. The van der Waals surface area contributed by atoms with E-state index in [1.807, 2.05) is 18.2 Å². The Balaban J connectivity index is 2.11. The molecule has 19 heavy (non-hydrogen) atoms. The number of hydrogen-bond acceptors (Lipinski definition) is 1. The summed E-state index contributed by atoms with van der Waals surface area (Å²) in [5.41, 5.74) is 3.28. The average Bonchev–Trinajstić information content (AvgIpc) is 2.87. The third-order valence-corrected chi connectivity index (χ3v) is 4.62. The molecule has 1 aromatic carbocycles. The molecular weight excluding hydrogens is 302 g/mol. The zero-order valence-corrected chi connectivity index (χ0v) is 13.4. The number of rotatable bonds is 4. The Morgan fingerprint density at radius 3 is 2.84 bits per heavy atom. The van der Waals surface area contributed by atoms with Crippen molar-refractivity contribution in [2.24, 2.45) is 0 Å². The van der Waals surface area contributed by atoms with Gasteiger partial charge in [0.2, 0.25) is 0 Å². The van der Waals surface area contributed by atoms with Crippen LogP contribution in [0.3, 0.4) is 0 Å². The number of likely N-dealkylation sites (tertiary alicyclic amines) is 1. The maximum atomic E-state index is 12.6. The number of halogens is 1. The molecule has 1 unspecified atom stereocenters. The van der Waals surface area contributed by atoms with Crippen molar-refractivity contribution >= 4 is 21.8 Å². The summed E-state index contributed by atoms with van der Waals surface area (Å²) < 4.78 is 0. The van der Waals surface area contributed by atoms with E-state index in [2.05, 4.69) is 34.7 Å². The Hall–Kier alpha value is -0.830. The van der Waals surface area contributed by atoms with E-state index in [1.165, 1.54) is 11.1 Å². The molecular formula is C16H22BrNO. The summed E-state index contributed by atoms with van der Waals surface area (Å²) in [4.78, 5) is 14.7. The first-order valence-electron chi connectivity index (χ1n) is 7.07. The van der Waals surface area contributed by atoms with Crippen LogP contribution in [0.5, 0.6) is 0 Å². The van der Waals surface area contributed by atoms with Crippen LogP contribution in [0, 0.1) is 13.8 Å². The van der Waals surface area contributed by atoms with E-state index in [9.17, 15) is 4.79 Å². The van der Waals surface area contributed by atoms with Gasteiger partial charge >= 0.3 is 0 Å². The molecule has 1 aromatic rings. The maximum absolute atomic E-state index is 12.6. The maximum Gasteiger partial charge on any atom is 0.254 e. The molecule has 1 atom stereocenters. The van der Waals surface area contributed by atoms with Gasteiger partial charge in [-0.3, -0.25) is 4.79 Å². The fourth-order valence-electron chi connectivity index (χ4n) is 2.76. The Morgan fingerprint density at radius 2 is 2.16 bits per heavy atom. The minimum atomic E-state index is 0.208. The lowest BCUT2D eigenvalue weighted by Crippen LogP contribution is -2.35. The van der Waals surface area contributed by atoms with E-state index in [0.717, 1.165) is 43.1 Å². The third kappa shape index (κ3) is 3.38. The van der Waals surface area contributed by atoms with E-state index in [1.54, 1.807) is 0 Å². The van der Waals surface area contributed by atoms with Crippen molar-refractivity contribution in [2.45, 2.75) is 45.6 Å². The molecule has 1 fully saturated rings. The second kappa shape index (κ2) is 6.56. The molecule has 2 nitrogen and oxygen atoms in total. The predicted octanol–water partition coefficient (Wildman–Crippen LogP) is 4.08. The highest BCUT2D eigenvalue weighted by Gasteiger charge is 2.28. The van der Waals surface area contributed by atoms with E-state index in [-0.39, 0.29) is 5.91 Å². The van der Waals surface area contributed by atoms with Crippen molar-refractivity contribution in [2.75, 3.05) is 11.9 Å². The van der Waals surface area contributed by atoms with Gasteiger partial charge in [0.15, 0.2) is 0 Å². The molecule has 104 valence electrons. The molecule has 1 heterocycles. The summed E-state index contributed by atoms with van der Waals surface area (Å²) in [5, 5.41) is 1.02. The molecule has 0 saturated carbocycles. The Labute approximate surface area is 124 Å². The van der Waals surface area contributed by atoms with Gasteiger partial charge in [-0.1, -0.05) is 22.0 Å². The highest BCUT2D eigenvalue weighted by molar-refractivity contribution is 9.09. The molecule has 0 aromatic heterocycles. The molecule has 0 spiro atoms. The van der Waals surface area contributed by atoms with Crippen molar-refractivity contribution in [3.8, 4) is 0 Å². The number of benzene rings is 1. The SMILES string of the molecule is Cc1ccc(C(=O)N2CCCC2CCCBr)cc1C. The Morgan fingerprint density at radius 1 is 1.37 bits per heavy atom. The van der Waals surface area contributed by atoms with Crippen LogP contribution < -0.4 is 0 Å². The monoisotopic (exact) mass is 323 g/mol. The molecule has 0 bridgehead atoms. The van der Waals surface area contributed by atoms with Crippen LogP contribution in [-0.2, 0) is 0 Å². The Kier molecular flexibility index (Phi) is 5.03. The first-order chi connectivity index (χ1) is 9.13. The van der Waals surface area contributed by atoms with Crippen molar-refractivity contribution in [3.63, 3.8) is 0 Å². The van der Waals surface area contributed by atoms with E-state index < -0.39 is 0 Å². The molecule has 0 radical (unpaired) electrons. The van der Waals surface area contributed by atoms with Gasteiger partial charge in [0.05, 0.1) is 0 Å². The Bertz CT molecular complexity index is 458. The minimum absolute atomic E-state index is 0.208. The molecule has 3 heteroatoms. The largest absolute Gasteiger partial charge is 0.336 e. The highest BCUT2D eigenvalue weighted by Crippen LogP contribution is 2.24. The summed E-state index contributed by atoms with van der Waals surface area (Å²) in [6.07, 6.45) is 4.55. The van der Waals surface area contributed by atoms with Crippen LogP contribution in [0.1, 0.15) is 47.2 Å². The minimum Gasteiger partial charge on any atom is -0.336 e. The second-order valence-corrected chi connectivity index (χ2v) is 6.22. The summed E-state index contributed by atoms with van der Waals surface area (Å²) in [6, 6.07) is 6.47. The van der Waals surface area contributed by atoms with E-state index in [4.69, 9.17) is 0 Å². The molecule has 1 amide bonds. The van der Waals surface area contributed by atoms with Crippen molar-refractivity contribution in [3.05, 3.63) is 34.9 Å². The first kappa shape index (κ1) is 14.6. The zero-order chi connectivity index (χ0) is 13.8. The standard InChI is InChI=1S/C16H22BrNO/c1-12-7-8-14(11-13(12)2)16(19)18-10-4-6-15(18)5-3-9-17/h7-8,11,15H,3-6,9-10H2,1-2H3. The topological polar surface area (TPSA) is 20.3 Å². The zero-order valence-electron chi connectivity index (χ0n) is 11.8. The summed E-state index contributed by atoms with van der Waals surface area (Å²) >= 11 is 3.47. The van der Waals surface area contributed by atoms with Gasteiger partial charge in [-0.25, -0.2) is 0 Å². The van der Waals surface area contributed by atoms with Crippen LogP contribution in [0.2, 0.25) is 0 Å².